The topological polar surface area (TPSA) is 51.2 Å². The maximum Gasteiger partial charge on any atom is 0.255 e. The van der Waals surface area contributed by atoms with E-state index in [0.717, 1.165) is 5.56 Å². The lowest BCUT2D eigenvalue weighted by atomic mass is 10.1. The Morgan fingerprint density at radius 2 is 1.89 bits per heavy atom. The fourth-order valence-corrected chi connectivity index (χ4v) is 1.84. The van der Waals surface area contributed by atoms with E-state index in [4.69, 9.17) is 4.74 Å². The molecule has 1 N–H and O–H groups in total. The van der Waals surface area contributed by atoms with Crippen molar-refractivity contribution in [2.75, 3.05) is 7.11 Å². The van der Waals surface area contributed by atoms with Gasteiger partial charge in [0.25, 0.3) is 5.91 Å². The van der Waals surface area contributed by atoms with Gasteiger partial charge in [-0.25, -0.2) is 0 Å². The number of rotatable bonds is 4. The highest BCUT2D eigenvalue weighted by atomic mass is 16.5. The highest BCUT2D eigenvalue weighted by Gasteiger charge is 2.14. The molecule has 0 aliphatic carbocycles. The second-order valence-corrected chi connectivity index (χ2v) is 4.18. The number of hydrogen-bond donors (Lipinski definition) is 1. The van der Waals surface area contributed by atoms with Gasteiger partial charge in [-0.1, -0.05) is 12.1 Å². The maximum atomic E-state index is 12.2. The van der Waals surface area contributed by atoms with Crippen LogP contribution in [0.4, 0.5) is 0 Å². The SMILES string of the molecule is COc1ccccc1C(=O)N[C@@H](C)c1ccncc1. The maximum absolute atomic E-state index is 12.2. The van der Waals surface area contributed by atoms with Gasteiger partial charge in [0, 0.05) is 12.4 Å². The summed E-state index contributed by atoms with van der Waals surface area (Å²) < 4.78 is 5.18. The Kier molecular flexibility index (Phi) is 4.13. The van der Waals surface area contributed by atoms with Crippen molar-refractivity contribution in [2.24, 2.45) is 0 Å². The number of para-hydroxylation sites is 1. The van der Waals surface area contributed by atoms with Crippen LogP contribution < -0.4 is 10.1 Å². The molecule has 0 fully saturated rings. The van der Waals surface area contributed by atoms with E-state index in [1.165, 1.54) is 0 Å². The molecule has 0 aliphatic rings. The molecule has 1 aromatic carbocycles. The fourth-order valence-electron chi connectivity index (χ4n) is 1.84. The first-order chi connectivity index (χ1) is 9.22. The molecule has 1 heterocycles. The summed E-state index contributed by atoms with van der Waals surface area (Å²) in [6, 6.07) is 10.8. The van der Waals surface area contributed by atoms with Crippen molar-refractivity contribution in [3.8, 4) is 5.75 Å². The van der Waals surface area contributed by atoms with E-state index < -0.39 is 0 Å². The summed E-state index contributed by atoms with van der Waals surface area (Å²) in [5.74, 6) is 0.420. The predicted octanol–water partition coefficient (Wildman–Crippen LogP) is 2.58. The normalized spacial score (nSPS) is 11.7. The number of nitrogens with one attached hydrogen (secondary N) is 1. The van der Waals surface area contributed by atoms with E-state index in [0.29, 0.717) is 11.3 Å². The quantitative estimate of drug-likeness (QED) is 0.914. The second kappa shape index (κ2) is 6.00. The van der Waals surface area contributed by atoms with Gasteiger partial charge < -0.3 is 10.1 Å². The number of methoxy groups -OCH3 is 1. The van der Waals surface area contributed by atoms with E-state index >= 15 is 0 Å². The van der Waals surface area contributed by atoms with Crippen molar-refractivity contribution in [3.05, 3.63) is 59.9 Å². The molecule has 0 bridgehead atoms. The van der Waals surface area contributed by atoms with Crippen LogP contribution >= 0.6 is 0 Å². The molecule has 0 saturated carbocycles. The van der Waals surface area contributed by atoms with Crippen LogP contribution in [0.2, 0.25) is 0 Å². The molecule has 98 valence electrons. The minimum atomic E-state index is -0.151. The number of aromatic nitrogens is 1. The van der Waals surface area contributed by atoms with Crippen LogP contribution in [0.3, 0.4) is 0 Å². The summed E-state index contributed by atoms with van der Waals surface area (Å²) in [4.78, 5) is 16.2. The lowest BCUT2D eigenvalue weighted by molar-refractivity contribution is 0.0937. The summed E-state index contributed by atoms with van der Waals surface area (Å²) in [6.07, 6.45) is 3.42. The number of carbonyl (C=O) groups is 1. The highest BCUT2D eigenvalue weighted by Crippen LogP contribution is 2.19. The van der Waals surface area contributed by atoms with Crippen molar-refractivity contribution < 1.29 is 9.53 Å². The van der Waals surface area contributed by atoms with Gasteiger partial charge in [-0.3, -0.25) is 9.78 Å². The van der Waals surface area contributed by atoms with Gasteiger partial charge in [-0.15, -0.1) is 0 Å². The second-order valence-electron chi connectivity index (χ2n) is 4.18. The van der Waals surface area contributed by atoms with Gasteiger partial charge in [0.05, 0.1) is 18.7 Å². The molecule has 1 aromatic heterocycles. The Morgan fingerprint density at radius 3 is 2.58 bits per heavy atom. The number of carbonyl (C=O) groups excluding carboxylic acids is 1. The summed E-state index contributed by atoms with van der Waals surface area (Å²) in [6.45, 7) is 1.93. The molecule has 1 atom stereocenters. The number of benzene rings is 1. The van der Waals surface area contributed by atoms with Crippen LogP contribution in [0.25, 0.3) is 0 Å². The molecule has 19 heavy (non-hydrogen) atoms. The van der Waals surface area contributed by atoms with Crippen LogP contribution in [0.15, 0.2) is 48.8 Å². The Morgan fingerprint density at radius 1 is 1.21 bits per heavy atom. The van der Waals surface area contributed by atoms with E-state index in [-0.39, 0.29) is 11.9 Å². The standard InChI is InChI=1S/C15H16N2O2/c1-11(12-7-9-16-10-8-12)17-15(18)13-5-3-4-6-14(13)19-2/h3-11H,1-2H3,(H,17,18)/t11-/m0/s1. The number of hydrogen-bond acceptors (Lipinski definition) is 3. The molecule has 4 nitrogen and oxygen atoms in total. The molecular formula is C15H16N2O2. The van der Waals surface area contributed by atoms with Gasteiger partial charge in [0.1, 0.15) is 5.75 Å². The van der Waals surface area contributed by atoms with E-state index in [2.05, 4.69) is 10.3 Å². The average molecular weight is 256 g/mol. The number of pyridine rings is 1. The van der Waals surface area contributed by atoms with Crippen LogP contribution in [0.5, 0.6) is 5.75 Å². The highest BCUT2D eigenvalue weighted by molar-refractivity contribution is 5.97. The third-order valence-electron chi connectivity index (χ3n) is 2.91. The van der Waals surface area contributed by atoms with Crippen LogP contribution in [-0.2, 0) is 0 Å². The first kappa shape index (κ1) is 13.1. The minimum absolute atomic E-state index is 0.0830. The monoisotopic (exact) mass is 256 g/mol. The average Bonchev–Trinajstić information content (AvgIpc) is 2.48. The van der Waals surface area contributed by atoms with Crippen molar-refractivity contribution in [1.29, 1.82) is 0 Å². The van der Waals surface area contributed by atoms with Crippen molar-refractivity contribution >= 4 is 5.91 Å². The minimum Gasteiger partial charge on any atom is -0.496 e. The zero-order valence-corrected chi connectivity index (χ0v) is 11.0. The van der Waals surface area contributed by atoms with Crippen molar-refractivity contribution in [1.82, 2.24) is 10.3 Å². The summed E-state index contributed by atoms with van der Waals surface area (Å²) in [5, 5.41) is 2.94. The zero-order valence-electron chi connectivity index (χ0n) is 11.0. The molecule has 0 unspecified atom stereocenters. The van der Waals surface area contributed by atoms with Crippen LogP contribution in [0, 0.1) is 0 Å². The summed E-state index contributed by atoms with van der Waals surface area (Å²) >= 11 is 0. The largest absolute Gasteiger partial charge is 0.496 e. The predicted molar refractivity (Wildman–Crippen MR) is 73.1 cm³/mol. The summed E-state index contributed by atoms with van der Waals surface area (Å²) in [5.41, 5.74) is 1.55. The third-order valence-corrected chi connectivity index (χ3v) is 2.91. The fraction of sp³-hybridized carbons (Fsp3) is 0.200. The number of nitrogens with zero attached hydrogens (tertiary/aromatic N) is 1. The van der Waals surface area contributed by atoms with Crippen molar-refractivity contribution in [3.63, 3.8) is 0 Å². The number of ether oxygens (including phenoxy) is 1. The molecule has 0 aliphatic heterocycles. The molecule has 2 rings (SSSR count). The molecular weight excluding hydrogens is 240 g/mol. The first-order valence-electron chi connectivity index (χ1n) is 6.06. The van der Waals surface area contributed by atoms with Gasteiger partial charge in [-0.2, -0.15) is 0 Å². The zero-order chi connectivity index (χ0) is 13.7. The number of amides is 1. The van der Waals surface area contributed by atoms with Crippen LogP contribution in [-0.4, -0.2) is 18.0 Å². The molecule has 4 heteroatoms. The van der Waals surface area contributed by atoms with Crippen LogP contribution in [0.1, 0.15) is 28.9 Å². The first-order valence-corrected chi connectivity index (χ1v) is 6.06. The Hall–Kier alpha value is -2.36. The molecule has 0 radical (unpaired) electrons. The third kappa shape index (κ3) is 3.10. The lowest BCUT2D eigenvalue weighted by Gasteiger charge is -2.15. The molecule has 0 spiro atoms. The molecule has 2 aromatic rings. The van der Waals surface area contributed by atoms with Gasteiger partial charge in [0.15, 0.2) is 0 Å². The van der Waals surface area contributed by atoms with E-state index in [9.17, 15) is 4.79 Å². The Labute approximate surface area is 112 Å². The summed E-state index contributed by atoms with van der Waals surface area (Å²) in [7, 11) is 1.55. The van der Waals surface area contributed by atoms with E-state index in [1.54, 1.807) is 31.6 Å². The van der Waals surface area contributed by atoms with Gasteiger partial charge in [-0.05, 0) is 36.8 Å². The Bertz CT molecular complexity index is 555. The smallest absolute Gasteiger partial charge is 0.255 e. The van der Waals surface area contributed by atoms with Gasteiger partial charge in [0.2, 0.25) is 0 Å². The molecule has 1 amide bonds. The van der Waals surface area contributed by atoms with Crippen molar-refractivity contribution in [2.45, 2.75) is 13.0 Å². The van der Waals surface area contributed by atoms with Gasteiger partial charge >= 0.3 is 0 Å². The van der Waals surface area contributed by atoms with E-state index in [1.807, 2.05) is 31.2 Å². The Balaban J connectivity index is 2.13. The molecule has 0 saturated heterocycles. The lowest BCUT2D eigenvalue weighted by Crippen LogP contribution is -2.27.